The van der Waals surface area contributed by atoms with Crippen LogP contribution in [0.5, 0.6) is 0 Å². The lowest BCUT2D eigenvalue weighted by atomic mass is 10.2. The van der Waals surface area contributed by atoms with Crippen LogP contribution in [-0.2, 0) is 6.54 Å². The first-order valence-electron chi connectivity index (χ1n) is 6.25. The first-order valence-corrected chi connectivity index (χ1v) is 6.63. The zero-order chi connectivity index (χ0) is 13.7. The Labute approximate surface area is 118 Å². The van der Waals surface area contributed by atoms with E-state index in [9.17, 15) is 0 Å². The molecule has 2 rings (SSSR count). The molecule has 0 fully saturated rings. The minimum Gasteiger partial charge on any atom is -0.366 e. The van der Waals surface area contributed by atoms with Crippen molar-refractivity contribution in [2.45, 2.75) is 20.4 Å². The normalized spacial score (nSPS) is 10.3. The zero-order valence-electron chi connectivity index (χ0n) is 11.1. The monoisotopic (exact) mass is 276 g/mol. The van der Waals surface area contributed by atoms with Crippen molar-refractivity contribution < 1.29 is 0 Å². The molecule has 100 valence electrons. The van der Waals surface area contributed by atoms with E-state index in [1.807, 2.05) is 44.2 Å². The molecule has 0 amide bonds. The van der Waals surface area contributed by atoms with Crippen molar-refractivity contribution in [3.63, 3.8) is 0 Å². The molecule has 0 radical (unpaired) electrons. The van der Waals surface area contributed by atoms with Crippen LogP contribution in [0, 0.1) is 6.92 Å². The van der Waals surface area contributed by atoms with Crippen LogP contribution in [0.3, 0.4) is 0 Å². The average Bonchev–Trinajstić information content (AvgIpc) is 2.38. The van der Waals surface area contributed by atoms with Gasteiger partial charge in [0.25, 0.3) is 0 Å². The number of rotatable bonds is 5. The largest absolute Gasteiger partial charge is 0.366 e. The lowest BCUT2D eigenvalue weighted by molar-refractivity contribution is 1.03. The van der Waals surface area contributed by atoms with Gasteiger partial charge in [0.2, 0.25) is 5.95 Å². The molecular weight excluding hydrogens is 260 g/mol. The third-order valence-corrected chi connectivity index (χ3v) is 2.83. The fourth-order valence-electron chi connectivity index (χ4n) is 1.69. The molecular formula is C14H17ClN4. The molecule has 0 saturated heterocycles. The fourth-order valence-corrected chi connectivity index (χ4v) is 1.82. The maximum absolute atomic E-state index is 5.86. The first-order chi connectivity index (χ1) is 9.17. The van der Waals surface area contributed by atoms with Crippen LogP contribution in [0.25, 0.3) is 0 Å². The molecule has 1 aromatic carbocycles. The summed E-state index contributed by atoms with van der Waals surface area (Å²) >= 11 is 5.86. The Hall–Kier alpha value is -1.81. The van der Waals surface area contributed by atoms with Gasteiger partial charge in [-0.2, -0.15) is 4.98 Å². The summed E-state index contributed by atoms with van der Waals surface area (Å²) in [5, 5.41) is 7.15. The number of aryl methyl sites for hydroxylation is 1. The predicted molar refractivity (Wildman–Crippen MR) is 79.7 cm³/mol. The predicted octanol–water partition coefficient (Wildman–Crippen LogP) is 3.48. The van der Waals surface area contributed by atoms with Crippen molar-refractivity contribution in [1.29, 1.82) is 0 Å². The number of nitrogens with one attached hydrogen (secondary N) is 2. The van der Waals surface area contributed by atoms with Gasteiger partial charge in [0.05, 0.1) is 0 Å². The molecule has 1 aromatic heterocycles. The number of aromatic nitrogens is 2. The summed E-state index contributed by atoms with van der Waals surface area (Å²) < 4.78 is 0. The summed E-state index contributed by atoms with van der Waals surface area (Å²) in [6.45, 7) is 5.49. The highest BCUT2D eigenvalue weighted by Gasteiger charge is 2.01. The van der Waals surface area contributed by atoms with Gasteiger partial charge in [-0.3, -0.25) is 0 Å². The molecule has 0 aliphatic rings. The van der Waals surface area contributed by atoms with E-state index >= 15 is 0 Å². The molecule has 0 aliphatic heterocycles. The maximum atomic E-state index is 5.86. The van der Waals surface area contributed by atoms with Crippen molar-refractivity contribution in [2.75, 3.05) is 17.2 Å². The molecule has 0 unspecified atom stereocenters. The molecule has 4 nitrogen and oxygen atoms in total. The standard InChI is InChI=1S/C14H17ClN4/c1-3-16-14-18-10(2)8-13(19-14)17-9-11-4-6-12(15)7-5-11/h4-8H,3,9H2,1-2H3,(H2,16,17,18,19). The number of benzene rings is 1. The van der Waals surface area contributed by atoms with Gasteiger partial charge in [-0.15, -0.1) is 0 Å². The van der Waals surface area contributed by atoms with Crippen LogP contribution < -0.4 is 10.6 Å². The average molecular weight is 277 g/mol. The molecule has 0 saturated carbocycles. The third-order valence-electron chi connectivity index (χ3n) is 2.58. The Morgan fingerprint density at radius 2 is 1.84 bits per heavy atom. The van der Waals surface area contributed by atoms with Crippen molar-refractivity contribution in [2.24, 2.45) is 0 Å². The number of nitrogens with zero attached hydrogens (tertiary/aromatic N) is 2. The summed E-state index contributed by atoms with van der Waals surface area (Å²) in [4.78, 5) is 8.71. The number of hydrogen-bond donors (Lipinski definition) is 2. The van der Waals surface area contributed by atoms with Gasteiger partial charge >= 0.3 is 0 Å². The van der Waals surface area contributed by atoms with Crippen molar-refractivity contribution >= 4 is 23.4 Å². The molecule has 1 heterocycles. The Morgan fingerprint density at radius 3 is 2.53 bits per heavy atom. The lowest BCUT2D eigenvalue weighted by Crippen LogP contribution is -2.07. The van der Waals surface area contributed by atoms with Gasteiger partial charge in [-0.05, 0) is 31.5 Å². The Bertz CT molecular complexity index is 540. The third kappa shape index (κ3) is 4.10. The second-order valence-corrected chi connectivity index (χ2v) is 4.66. The molecule has 2 aromatic rings. The van der Waals surface area contributed by atoms with Gasteiger partial charge in [0.15, 0.2) is 0 Å². The lowest BCUT2D eigenvalue weighted by Gasteiger charge is -2.09. The Morgan fingerprint density at radius 1 is 1.11 bits per heavy atom. The highest BCUT2D eigenvalue weighted by atomic mass is 35.5. The van der Waals surface area contributed by atoms with E-state index in [1.54, 1.807) is 0 Å². The van der Waals surface area contributed by atoms with E-state index in [2.05, 4.69) is 20.6 Å². The van der Waals surface area contributed by atoms with E-state index in [-0.39, 0.29) is 0 Å². The van der Waals surface area contributed by atoms with Gasteiger partial charge in [0, 0.05) is 29.9 Å². The van der Waals surface area contributed by atoms with E-state index < -0.39 is 0 Å². The molecule has 0 spiro atoms. The molecule has 0 bridgehead atoms. The summed E-state index contributed by atoms with van der Waals surface area (Å²) in [7, 11) is 0. The first kappa shape index (κ1) is 13.6. The maximum Gasteiger partial charge on any atom is 0.224 e. The van der Waals surface area contributed by atoms with E-state index in [0.717, 1.165) is 28.6 Å². The molecule has 0 atom stereocenters. The molecule has 19 heavy (non-hydrogen) atoms. The summed E-state index contributed by atoms with van der Waals surface area (Å²) in [6, 6.07) is 9.68. The molecule has 5 heteroatoms. The Kier molecular flexibility index (Phi) is 4.58. The smallest absolute Gasteiger partial charge is 0.224 e. The summed E-state index contributed by atoms with van der Waals surface area (Å²) in [6.07, 6.45) is 0. The summed E-state index contributed by atoms with van der Waals surface area (Å²) in [5.74, 6) is 1.47. The van der Waals surface area contributed by atoms with Crippen LogP contribution in [-0.4, -0.2) is 16.5 Å². The van der Waals surface area contributed by atoms with Gasteiger partial charge in [-0.25, -0.2) is 4.98 Å². The van der Waals surface area contributed by atoms with E-state index in [4.69, 9.17) is 11.6 Å². The van der Waals surface area contributed by atoms with E-state index in [0.29, 0.717) is 12.5 Å². The zero-order valence-corrected chi connectivity index (χ0v) is 11.8. The highest BCUT2D eigenvalue weighted by molar-refractivity contribution is 6.30. The molecule has 0 aliphatic carbocycles. The fraction of sp³-hybridized carbons (Fsp3) is 0.286. The number of anilines is 2. The second kappa shape index (κ2) is 6.38. The second-order valence-electron chi connectivity index (χ2n) is 4.23. The van der Waals surface area contributed by atoms with Gasteiger partial charge < -0.3 is 10.6 Å². The van der Waals surface area contributed by atoms with Crippen LogP contribution in [0.1, 0.15) is 18.2 Å². The van der Waals surface area contributed by atoms with Gasteiger partial charge in [0.1, 0.15) is 5.82 Å². The number of halogens is 1. The summed E-state index contributed by atoms with van der Waals surface area (Å²) in [5.41, 5.74) is 2.09. The van der Waals surface area contributed by atoms with Crippen LogP contribution >= 0.6 is 11.6 Å². The van der Waals surface area contributed by atoms with Crippen molar-refractivity contribution in [1.82, 2.24) is 9.97 Å². The Balaban J connectivity index is 2.04. The minimum absolute atomic E-state index is 0.654. The SMILES string of the molecule is CCNc1nc(C)cc(NCc2ccc(Cl)cc2)n1. The number of hydrogen-bond acceptors (Lipinski definition) is 4. The highest BCUT2D eigenvalue weighted by Crippen LogP contribution is 2.13. The van der Waals surface area contributed by atoms with Crippen LogP contribution in [0.4, 0.5) is 11.8 Å². The van der Waals surface area contributed by atoms with Crippen LogP contribution in [0.15, 0.2) is 30.3 Å². The minimum atomic E-state index is 0.654. The van der Waals surface area contributed by atoms with Crippen LogP contribution in [0.2, 0.25) is 5.02 Å². The molecule has 2 N–H and O–H groups in total. The topological polar surface area (TPSA) is 49.8 Å². The van der Waals surface area contributed by atoms with Crippen molar-refractivity contribution in [3.8, 4) is 0 Å². The van der Waals surface area contributed by atoms with Gasteiger partial charge in [-0.1, -0.05) is 23.7 Å². The quantitative estimate of drug-likeness (QED) is 0.878. The van der Waals surface area contributed by atoms with E-state index in [1.165, 1.54) is 0 Å². The van der Waals surface area contributed by atoms with Crippen molar-refractivity contribution in [3.05, 3.63) is 46.6 Å².